The van der Waals surface area contributed by atoms with Gasteiger partial charge in [0.05, 0.1) is 11.0 Å². The molecule has 0 bridgehead atoms. The Bertz CT molecular complexity index is 2730. The second kappa shape index (κ2) is 8.06. The molecule has 5 nitrogen and oxygen atoms in total. The summed E-state index contributed by atoms with van der Waals surface area (Å²) in [5, 5.41) is 9.43. The predicted octanol–water partition coefficient (Wildman–Crippen LogP) is 9.75. The summed E-state index contributed by atoms with van der Waals surface area (Å²) in [6.07, 6.45) is 7.79. The van der Waals surface area contributed by atoms with E-state index in [1.165, 1.54) is 36.3 Å². The normalized spacial score (nSPS) is 12.3. The first-order valence-corrected chi connectivity index (χ1v) is 14.7. The first kappa shape index (κ1) is 22.3. The number of hydrogen-bond acceptors (Lipinski definition) is 4. The predicted molar refractivity (Wildman–Crippen MR) is 173 cm³/mol. The van der Waals surface area contributed by atoms with Gasteiger partial charge in [0.15, 0.2) is 0 Å². The van der Waals surface area contributed by atoms with Gasteiger partial charge >= 0.3 is 0 Å². The number of ether oxygens (including phenoxy) is 1. The fourth-order valence-corrected chi connectivity index (χ4v) is 7.76. The number of benzene rings is 5. The van der Waals surface area contributed by atoms with E-state index in [1.807, 2.05) is 36.0 Å². The molecule has 0 N–H and O–H groups in total. The van der Waals surface area contributed by atoms with E-state index in [-0.39, 0.29) is 0 Å². The quantitative estimate of drug-likeness (QED) is 0.199. The van der Waals surface area contributed by atoms with Crippen LogP contribution >= 0.6 is 11.3 Å². The van der Waals surface area contributed by atoms with Gasteiger partial charge in [0.25, 0.3) is 0 Å². The second-order valence-electron chi connectivity index (χ2n) is 10.7. The van der Waals surface area contributed by atoms with Crippen LogP contribution in [0.15, 0.2) is 122 Å². The third-order valence-electron chi connectivity index (χ3n) is 8.48. The van der Waals surface area contributed by atoms with E-state index < -0.39 is 0 Å². The van der Waals surface area contributed by atoms with Gasteiger partial charge in [-0.05, 0) is 71.4 Å². The van der Waals surface area contributed by atoms with Crippen LogP contribution in [-0.2, 0) is 0 Å². The molecule has 196 valence electrons. The highest BCUT2D eigenvalue weighted by molar-refractivity contribution is 7.25. The summed E-state index contributed by atoms with van der Waals surface area (Å²) in [5.74, 6) is 1.54. The van der Waals surface area contributed by atoms with Crippen molar-refractivity contribution < 1.29 is 4.74 Å². The molecule has 0 fully saturated rings. The first-order chi connectivity index (χ1) is 20.8. The highest BCUT2D eigenvalue weighted by Crippen LogP contribution is 2.40. The van der Waals surface area contributed by atoms with E-state index in [0.29, 0.717) is 0 Å². The average molecular weight is 557 g/mol. The molecule has 0 aliphatic rings. The van der Waals surface area contributed by atoms with Crippen molar-refractivity contribution in [2.75, 3.05) is 0 Å². The molecule has 10 rings (SSSR count). The largest absolute Gasteiger partial charge is 0.457 e. The minimum Gasteiger partial charge on any atom is -0.457 e. The summed E-state index contributed by atoms with van der Waals surface area (Å²) >= 11 is 1.84. The van der Waals surface area contributed by atoms with Gasteiger partial charge in [-0.1, -0.05) is 36.4 Å². The minimum atomic E-state index is 0.772. The van der Waals surface area contributed by atoms with E-state index in [1.54, 1.807) is 0 Å². The van der Waals surface area contributed by atoms with Gasteiger partial charge < -0.3 is 4.74 Å². The highest BCUT2D eigenvalue weighted by atomic mass is 32.1. The molecule has 0 amide bonds. The van der Waals surface area contributed by atoms with Crippen LogP contribution in [0.1, 0.15) is 0 Å². The SMILES string of the molecule is c1ccc2c(c1)sc1cc3c4ccc(Oc5ccc6c7ccccc7n7ccnc7c6c5)cc4c4nccn4c3cc12. The van der Waals surface area contributed by atoms with Crippen LogP contribution in [0.25, 0.3) is 74.8 Å². The van der Waals surface area contributed by atoms with Crippen molar-refractivity contribution in [1.82, 2.24) is 18.8 Å². The minimum absolute atomic E-state index is 0.772. The van der Waals surface area contributed by atoms with Gasteiger partial charge in [0.2, 0.25) is 0 Å². The molecule has 0 saturated carbocycles. The first-order valence-electron chi connectivity index (χ1n) is 13.9. The van der Waals surface area contributed by atoms with Crippen LogP contribution in [-0.4, -0.2) is 18.8 Å². The Balaban J connectivity index is 1.16. The zero-order valence-electron chi connectivity index (χ0n) is 22.2. The van der Waals surface area contributed by atoms with Crippen LogP contribution < -0.4 is 4.74 Å². The summed E-state index contributed by atoms with van der Waals surface area (Å²) in [6.45, 7) is 0. The fraction of sp³-hybridized carbons (Fsp3) is 0. The number of hydrogen-bond donors (Lipinski definition) is 0. The molecule has 0 atom stereocenters. The monoisotopic (exact) mass is 556 g/mol. The smallest absolute Gasteiger partial charge is 0.145 e. The topological polar surface area (TPSA) is 43.8 Å². The van der Waals surface area contributed by atoms with Crippen LogP contribution in [0.4, 0.5) is 0 Å². The molecule has 0 aliphatic heterocycles. The van der Waals surface area contributed by atoms with Crippen molar-refractivity contribution in [3.05, 3.63) is 122 Å². The maximum absolute atomic E-state index is 6.51. The molecule has 0 unspecified atom stereocenters. The molecule has 5 aromatic heterocycles. The second-order valence-corrected chi connectivity index (χ2v) is 11.8. The third-order valence-corrected chi connectivity index (χ3v) is 9.61. The van der Waals surface area contributed by atoms with Crippen molar-refractivity contribution >= 4 is 86.2 Å². The number of rotatable bonds is 2. The molecular formula is C36H20N4OS. The summed E-state index contributed by atoms with van der Waals surface area (Å²) in [4.78, 5) is 9.45. The Kier molecular flexibility index (Phi) is 4.27. The highest BCUT2D eigenvalue weighted by Gasteiger charge is 2.15. The van der Waals surface area contributed by atoms with E-state index in [4.69, 9.17) is 9.72 Å². The summed E-state index contributed by atoms with van der Waals surface area (Å²) in [6, 6.07) is 34.3. The number of thiophene rings is 1. The summed E-state index contributed by atoms with van der Waals surface area (Å²) in [5.41, 5.74) is 4.14. The van der Waals surface area contributed by atoms with Crippen molar-refractivity contribution in [1.29, 1.82) is 0 Å². The van der Waals surface area contributed by atoms with Gasteiger partial charge in [-0.15, -0.1) is 11.3 Å². The molecule has 0 radical (unpaired) electrons. The molecule has 0 spiro atoms. The van der Waals surface area contributed by atoms with Crippen molar-refractivity contribution in [2.24, 2.45) is 0 Å². The van der Waals surface area contributed by atoms with E-state index in [9.17, 15) is 0 Å². The van der Waals surface area contributed by atoms with Crippen molar-refractivity contribution in [3.63, 3.8) is 0 Å². The van der Waals surface area contributed by atoms with Crippen LogP contribution in [0.3, 0.4) is 0 Å². The van der Waals surface area contributed by atoms with Gasteiger partial charge in [-0.3, -0.25) is 8.80 Å². The molecular weight excluding hydrogens is 536 g/mol. The molecule has 10 aromatic rings. The number of imidazole rings is 2. The van der Waals surface area contributed by atoms with Crippen molar-refractivity contribution in [2.45, 2.75) is 0 Å². The number of aromatic nitrogens is 4. The zero-order valence-corrected chi connectivity index (χ0v) is 23.0. The molecule has 42 heavy (non-hydrogen) atoms. The van der Waals surface area contributed by atoms with Gasteiger partial charge in [-0.2, -0.15) is 0 Å². The molecule has 6 heteroatoms. The molecule has 0 aliphatic carbocycles. The van der Waals surface area contributed by atoms with E-state index >= 15 is 0 Å². The number of pyridine rings is 2. The summed E-state index contributed by atoms with van der Waals surface area (Å²) in [7, 11) is 0. The van der Waals surface area contributed by atoms with Crippen molar-refractivity contribution in [3.8, 4) is 11.5 Å². The van der Waals surface area contributed by atoms with Crippen LogP contribution in [0.2, 0.25) is 0 Å². The Labute approximate surface area is 242 Å². The Morgan fingerprint density at radius 3 is 1.88 bits per heavy atom. The Morgan fingerprint density at radius 2 is 1.12 bits per heavy atom. The maximum Gasteiger partial charge on any atom is 0.145 e. The summed E-state index contributed by atoms with van der Waals surface area (Å²) < 4.78 is 13.4. The molecule has 0 saturated heterocycles. The number of nitrogens with zero attached hydrogens (tertiary/aromatic N) is 4. The Hall–Kier alpha value is -5.46. The van der Waals surface area contributed by atoms with Crippen LogP contribution in [0.5, 0.6) is 11.5 Å². The molecule has 5 aromatic carbocycles. The lowest BCUT2D eigenvalue weighted by atomic mass is 10.0. The lowest BCUT2D eigenvalue weighted by Crippen LogP contribution is -1.93. The number of fused-ring (bicyclic) bond motifs is 15. The lowest BCUT2D eigenvalue weighted by Gasteiger charge is -2.13. The number of para-hydroxylation sites is 1. The standard InChI is InChI=1S/C36H20N4OS/c1-3-7-31-25(5-1)23-11-9-21(17-29(23)35-37-13-15-39(31)35)41-22-10-12-24-27-20-34-28(26-6-2-4-8-33(26)42-34)19-32(27)40-16-14-38-36(40)30(24)18-22/h1-20H. The maximum atomic E-state index is 6.51. The van der Waals surface area contributed by atoms with Gasteiger partial charge in [-0.25, -0.2) is 9.97 Å². The lowest BCUT2D eigenvalue weighted by molar-refractivity contribution is 0.484. The zero-order chi connectivity index (χ0) is 27.4. The van der Waals surface area contributed by atoms with E-state index in [0.717, 1.165) is 50.0 Å². The molecule has 5 heterocycles. The van der Waals surface area contributed by atoms with Gasteiger partial charge in [0, 0.05) is 66.5 Å². The third kappa shape index (κ3) is 2.96. The van der Waals surface area contributed by atoms with Crippen LogP contribution in [0, 0.1) is 0 Å². The Morgan fingerprint density at radius 1 is 0.476 bits per heavy atom. The fourth-order valence-electron chi connectivity index (χ4n) is 6.63. The van der Waals surface area contributed by atoms with E-state index in [2.05, 4.69) is 111 Å². The van der Waals surface area contributed by atoms with Gasteiger partial charge in [0.1, 0.15) is 22.8 Å². The average Bonchev–Trinajstić information content (AvgIpc) is 3.79.